The number of ether oxygens (including phenoxy) is 1. The van der Waals surface area contributed by atoms with Gasteiger partial charge in [0.25, 0.3) is 0 Å². The fraction of sp³-hybridized carbons (Fsp3) is 0.300. The first kappa shape index (κ1) is 18.9. The zero-order valence-electron chi connectivity index (χ0n) is 14.7. The molecule has 136 valence electrons. The van der Waals surface area contributed by atoms with Gasteiger partial charge in [-0.2, -0.15) is 5.10 Å². The second-order valence-corrected chi connectivity index (χ2v) is 9.60. The number of carbonyl (C=O) groups excluding carboxylic acids is 1. The van der Waals surface area contributed by atoms with Crippen LogP contribution < -0.4 is 10.2 Å². The second-order valence-electron chi connectivity index (χ2n) is 6.14. The van der Waals surface area contributed by atoms with Crippen molar-refractivity contribution in [1.82, 2.24) is 5.43 Å². The van der Waals surface area contributed by atoms with Gasteiger partial charge in [-0.15, -0.1) is 23.5 Å². The van der Waals surface area contributed by atoms with Crippen LogP contribution in [0.5, 0.6) is 5.75 Å². The first-order chi connectivity index (χ1) is 12.6. The van der Waals surface area contributed by atoms with Crippen molar-refractivity contribution in [3.05, 3.63) is 65.7 Å². The molecule has 0 aliphatic carbocycles. The van der Waals surface area contributed by atoms with Crippen molar-refractivity contribution in [2.75, 3.05) is 11.5 Å². The molecule has 1 amide bonds. The topological polar surface area (TPSA) is 50.7 Å². The number of nitrogens with one attached hydrogen (secondary N) is 1. The Morgan fingerprint density at radius 3 is 2.54 bits per heavy atom. The van der Waals surface area contributed by atoms with Gasteiger partial charge in [0.2, 0.25) is 5.91 Å². The van der Waals surface area contributed by atoms with Gasteiger partial charge in [-0.1, -0.05) is 30.3 Å². The molecule has 6 heteroatoms. The van der Waals surface area contributed by atoms with Crippen molar-refractivity contribution in [2.24, 2.45) is 5.10 Å². The number of rotatable bonds is 7. The molecule has 26 heavy (non-hydrogen) atoms. The molecule has 1 saturated heterocycles. The molecule has 1 fully saturated rings. The van der Waals surface area contributed by atoms with E-state index in [9.17, 15) is 4.79 Å². The molecule has 1 aliphatic heterocycles. The number of amides is 1. The van der Waals surface area contributed by atoms with Gasteiger partial charge in [0, 0.05) is 11.5 Å². The van der Waals surface area contributed by atoms with Gasteiger partial charge in [-0.25, -0.2) is 5.43 Å². The molecule has 0 saturated carbocycles. The molecule has 1 N–H and O–H groups in total. The lowest BCUT2D eigenvalue weighted by Gasteiger charge is -2.19. The maximum Gasteiger partial charge on any atom is 0.242 e. The van der Waals surface area contributed by atoms with Crippen LogP contribution in [0.1, 0.15) is 24.5 Å². The van der Waals surface area contributed by atoms with E-state index in [2.05, 4.69) is 17.5 Å². The summed E-state index contributed by atoms with van der Waals surface area (Å²) in [6.45, 7) is 2.66. The second kappa shape index (κ2) is 9.14. The van der Waals surface area contributed by atoms with Crippen LogP contribution >= 0.6 is 23.5 Å². The van der Waals surface area contributed by atoms with Crippen molar-refractivity contribution in [3.8, 4) is 5.75 Å². The summed E-state index contributed by atoms with van der Waals surface area (Å²) >= 11 is 3.69. The Hall–Kier alpha value is -1.92. The molecule has 0 bridgehead atoms. The predicted molar refractivity (Wildman–Crippen MR) is 111 cm³/mol. The van der Waals surface area contributed by atoms with E-state index in [1.807, 2.05) is 78.1 Å². The van der Waals surface area contributed by atoms with Gasteiger partial charge in [-0.05, 0) is 42.3 Å². The van der Waals surface area contributed by atoms with Gasteiger partial charge < -0.3 is 4.74 Å². The van der Waals surface area contributed by atoms with Crippen molar-refractivity contribution in [3.63, 3.8) is 0 Å². The van der Waals surface area contributed by atoms with Crippen LogP contribution in [0, 0.1) is 0 Å². The van der Waals surface area contributed by atoms with E-state index in [0.717, 1.165) is 28.4 Å². The van der Waals surface area contributed by atoms with E-state index in [4.69, 9.17) is 4.74 Å². The maximum absolute atomic E-state index is 12.0. The summed E-state index contributed by atoms with van der Waals surface area (Å²) < 4.78 is 5.74. The third-order valence-corrected chi connectivity index (χ3v) is 7.20. The lowest BCUT2D eigenvalue weighted by atomic mass is 10.2. The first-order valence-corrected chi connectivity index (χ1v) is 10.5. The SMILES string of the molecule is CC1(CC(=O)N/N=C\c2ccc(OCc3ccccc3)cc2)SCCS1. The van der Waals surface area contributed by atoms with Crippen LogP contribution in [0.4, 0.5) is 0 Å². The third kappa shape index (κ3) is 5.81. The summed E-state index contributed by atoms with van der Waals surface area (Å²) in [5.74, 6) is 2.97. The number of carbonyl (C=O) groups is 1. The number of nitrogens with zero attached hydrogens (tertiary/aromatic N) is 1. The number of hydrazone groups is 1. The highest BCUT2D eigenvalue weighted by Crippen LogP contribution is 2.45. The zero-order chi connectivity index (χ0) is 18.2. The number of thioether (sulfide) groups is 2. The minimum Gasteiger partial charge on any atom is -0.489 e. The molecular weight excluding hydrogens is 364 g/mol. The highest BCUT2D eigenvalue weighted by Gasteiger charge is 2.32. The summed E-state index contributed by atoms with van der Waals surface area (Å²) in [5.41, 5.74) is 4.66. The maximum atomic E-state index is 12.0. The van der Waals surface area contributed by atoms with Crippen molar-refractivity contribution in [1.29, 1.82) is 0 Å². The zero-order valence-corrected chi connectivity index (χ0v) is 16.3. The minimum atomic E-state index is -0.0477. The largest absolute Gasteiger partial charge is 0.489 e. The fourth-order valence-electron chi connectivity index (χ4n) is 2.56. The first-order valence-electron chi connectivity index (χ1n) is 8.50. The van der Waals surface area contributed by atoms with E-state index in [1.54, 1.807) is 6.21 Å². The van der Waals surface area contributed by atoms with E-state index in [0.29, 0.717) is 13.0 Å². The van der Waals surface area contributed by atoms with Crippen LogP contribution in [0.15, 0.2) is 59.7 Å². The third-order valence-electron chi connectivity index (χ3n) is 3.91. The van der Waals surface area contributed by atoms with E-state index in [1.165, 1.54) is 0 Å². The molecule has 0 aromatic heterocycles. The average molecular weight is 387 g/mol. The Labute approximate surface area is 162 Å². The Morgan fingerprint density at radius 1 is 1.15 bits per heavy atom. The summed E-state index contributed by atoms with van der Waals surface area (Å²) in [6, 6.07) is 17.7. The number of hydrogen-bond donors (Lipinski definition) is 1. The average Bonchev–Trinajstić information content (AvgIpc) is 3.08. The van der Waals surface area contributed by atoms with Gasteiger partial charge in [0.05, 0.1) is 16.7 Å². The van der Waals surface area contributed by atoms with Crippen LogP contribution in [-0.2, 0) is 11.4 Å². The normalized spacial score (nSPS) is 15.9. The van der Waals surface area contributed by atoms with E-state index in [-0.39, 0.29) is 9.99 Å². The standard InChI is InChI=1S/C20H22N2O2S2/c1-20(25-11-12-26-20)13-19(23)22-21-14-16-7-9-18(10-8-16)24-15-17-5-3-2-4-6-17/h2-10,14H,11-13,15H2,1H3,(H,22,23)/b21-14-. The summed E-state index contributed by atoms with van der Waals surface area (Å²) in [5, 5.41) is 4.05. The Bertz CT molecular complexity index is 742. The predicted octanol–water partition coefficient (Wildman–Crippen LogP) is 4.30. The molecule has 0 spiro atoms. The van der Waals surface area contributed by atoms with Crippen LogP contribution in [0.3, 0.4) is 0 Å². The molecule has 2 aromatic carbocycles. The Balaban J connectivity index is 1.44. The van der Waals surface area contributed by atoms with Gasteiger partial charge in [0.15, 0.2) is 0 Å². The molecule has 1 aliphatic rings. The molecule has 4 nitrogen and oxygen atoms in total. The summed E-state index contributed by atoms with van der Waals surface area (Å²) in [4.78, 5) is 12.0. The lowest BCUT2D eigenvalue weighted by Crippen LogP contribution is -2.26. The van der Waals surface area contributed by atoms with Crippen molar-refractivity contribution < 1.29 is 9.53 Å². The molecule has 1 heterocycles. The number of benzene rings is 2. The van der Waals surface area contributed by atoms with Crippen LogP contribution in [0.25, 0.3) is 0 Å². The number of hydrogen-bond acceptors (Lipinski definition) is 5. The van der Waals surface area contributed by atoms with Crippen molar-refractivity contribution >= 4 is 35.6 Å². The monoisotopic (exact) mass is 386 g/mol. The highest BCUT2D eigenvalue weighted by atomic mass is 32.2. The van der Waals surface area contributed by atoms with Crippen molar-refractivity contribution in [2.45, 2.75) is 24.0 Å². The van der Waals surface area contributed by atoms with Crippen LogP contribution in [-0.4, -0.2) is 27.7 Å². The molecule has 3 rings (SSSR count). The van der Waals surface area contributed by atoms with Gasteiger partial charge in [0.1, 0.15) is 12.4 Å². The van der Waals surface area contributed by atoms with E-state index < -0.39 is 0 Å². The Kier molecular flexibility index (Phi) is 6.63. The van der Waals surface area contributed by atoms with Gasteiger partial charge in [-0.3, -0.25) is 4.79 Å². The summed E-state index contributed by atoms with van der Waals surface area (Å²) in [6.07, 6.45) is 2.13. The van der Waals surface area contributed by atoms with E-state index >= 15 is 0 Å². The van der Waals surface area contributed by atoms with Gasteiger partial charge >= 0.3 is 0 Å². The molecule has 0 unspecified atom stereocenters. The fourth-order valence-corrected chi connectivity index (χ4v) is 5.39. The quantitative estimate of drug-likeness (QED) is 0.569. The molecule has 2 aromatic rings. The smallest absolute Gasteiger partial charge is 0.242 e. The molecular formula is C20H22N2O2S2. The minimum absolute atomic E-state index is 0.0165. The Morgan fingerprint density at radius 2 is 1.85 bits per heavy atom. The molecule has 0 atom stereocenters. The highest BCUT2D eigenvalue weighted by molar-refractivity contribution is 8.21. The lowest BCUT2D eigenvalue weighted by molar-refractivity contribution is -0.121. The molecule has 0 radical (unpaired) electrons. The summed E-state index contributed by atoms with van der Waals surface area (Å²) in [7, 11) is 0. The van der Waals surface area contributed by atoms with Crippen LogP contribution in [0.2, 0.25) is 0 Å².